The van der Waals surface area contributed by atoms with E-state index in [1.165, 1.54) is 23.7 Å². The van der Waals surface area contributed by atoms with E-state index in [-0.39, 0.29) is 0 Å². The Morgan fingerprint density at radius 2 is 1.80 bits per heavy atom. The molecule has 3 aliphatic rings. The molecule has 10 heavy (non-hydrogen) atoms. The quantitative estimate of drug-likeness (QED) is 0.520. The van der Waals surface area contributed by atoms with E-state index in [0.717, 1.165) is 5.92 Å². The van der Waals surface area contributed by atoms with Gasteiger partial charge in [-0.1, -0.05) is 6.92 Å². The highest BCUT2D eigenvalue weighted by Crippen LogP contribution is 2.63. The summed E-state index contributed by atoms with van der Waals surface area (Å²) >= 11 is 0. The van der Waals surface area contributed by atoms with Crippen molar-refractivity contribution in [3.63, 3.8) is 0 Å². The molecule has 0 aliphatic heterocycles. The monoisotopic (exact) mass is 136 g/mol. The molecule has 0 heterocycles. The fraction of sp³-hybridized carbons (Fsp3) is 1.00. The van der Waals surface area contributed by atoms with E-state index in [1.54, 1.807) is 25.7 Å². The average Bonchev–Trinajstić information content (AvgIpc) is 2.61. The van der Waals surface area contributed by atoms with Gasteiger partial charge in [0.1, 0.15) is 0 Å². The molecule has 0 aromatic rings. The first-order chi connectivity index (χ1) is 4.86. The fourth-order valence-electron chi connectivity index (χ4n) is 3.43. The summed E-state index contributed by atoms with van der Waals surface area (Å²) < 4.78 is 0. The minimum absolute atomic E-state index is 1.10. The van der Waals surface area contributed by atoms with Gasteiger partial charge >= 0.3 is 0 Å². The van der Waals surface area contributed by atoms with Crippen molar-refractivity contribution in [1.82, 2.24) is 0 Å². The van der Waals surface area contributed by atoms with Crippen molar-refractivity contribution in [2.45, 2.75) is 32.6 Å². The molecule has 0 saturated heterocycles. The van der Waals surface area contributed by atoms with Crippen LogP contribution >= 0.6 is 0 Å². The molecule has 3 saturated carbocycles. The van der Waals surface area contributed by atoms with Crippen LogP contribution in [0.1, 0.15) is 32.6 Å². The van der Waals surface area contributed by atoms with Crippen molar-refractivity contribution in [3.8, 4) is 0 Å². The van der Waals surface area contributed by atoms with E-state index in [9.17, 15) is 0 Å². The van der Waals surface area contributed by atoms with Gasteiger partial charge in [-0.25, -0.2) is 0 Å². The zero-order valence-electron chi connectivity index (χ0n) is 6.72. The molecular weight excluding hydrogens is 120 g/mol. The van der Waals surface area contributed by atoms with E-state index >= 15 is 0 Å². The Morgan fingerprint density at radius 1 is 1.00 bits per heavy atom. The minimum Gasteiger partial charge on any atom is -0.0622 e. The lowest BCUT2D eigenvalue weighted by atomic mass is 9.47. The van der Waals surface area contributed by atoms with Crippen LogP contribution in [0.5, 0.6) is 0 Å². The first-order valence-corrected chi connectivity index (χ1v) is 4.86. The van der Waals surface area contributed by atoms with Gasteiger partial charge in [0.05, 0.1) is 0 Å². The normalized spacial score (nSPS) is 58.5. The van der Waals surface area contributed by atoms with Gasteiger partial charge < -0.3 is 0 Å². The highest BCUT2D eigenvalue weighted by molar-refractivity contribution is 5.05. The zero-order valence-corrected chi connectivity index (χ0v) is 6.72. The Bertz CT molecular complexity index is 151. The van der Waals surface area contributed by atoms with Crippen LogP contribution in [0.3, 0.4) is 0 Å². The molecule has 0 nitrogen and oxygen atoms in total. The van der Waals surface area contributed by atoms with Crippen molar-refractivity contribution in [3.05, 3.63) is 0 Å². The van der Waals surface area contributed by atoms with Crippen LogP contribution in [-0.2, 0) is 0 Å². The first-order valence-electron chi connectivity index (χ1n) is 4.86. The average molecular weight is 136 g/mol. The largest absolute Gasteiger partial charge is 0.0622 e. The van der Waals surface area contributed by atoms with Crippen molar-refractivity contribution in [1.29, 1.82) is 0 Å². The van der Waals surface area contributed by atoms with Gasteiger partial charge in [0.2, 0.25) is 0 Å². The summed E-state index contributed by atoms with van der Waals surface area (Å²) in [5.41, 5.74) is 0. The van der Waals surface area contributed by atoms with Crippen molar-refractivity contribution in [2.75, 3.05) is 0 Å². The summed E-state index contributed by atoms with van der Waals surface area (Å²) in [4.78, 5) is 0. The van der Waals surface area contributed by atoms with Crippen LogP contribution < -0.4 is 0 Å². The van der Waals surface area contributed by atoms with Crippen LogP contribution in [0.2, 0.25) is 0 Å². The molecule has 0 radical (unpaired) electrons. The molecule has 4 unspecified atom stereocenters. The summed E-state index contributed by atoms with van der Waals surface area (Å²) in [7, 11) is 0. The fourth-order valence-corrected chi connectivity index (χ4v) is 3.43. The third-order valence-corrected chi connectivity index (χ3v) is 4.17. The van der Waals surface area contributed by atoms with Gasteiger partial charge in [-0.3, -0.25) is 0 Å². The lowest BCUT2D eigenvalue weighted by Gasteiger charge is -2.58. The molecule has 0 heteroatoms. The van der Waals surface area contributed by atoms with Crippen LogP contribution in [0.15, 0.2) is 0 Å². The molecule has 4 atom stereocenters. The van der Waals surface area contributed by atoms with Crippen LogP contribution in [0, 0.1) is 29.6 Å². The molecule has 0 aromatic carbocycles. The minimum atomic E-state index is 1.10. The van der Waals surface area contributed by atoms with Gasteiger partial charge in [-0.15, -0.1) is 0 Å². The summed E-state index contributed by atoms with van der Waals surface area (Å²) in [6, 6.07) is 0. The topological polar surface area (TPSA) is 0 Å². The lowest BCUT2D eigenvalue weighted by molar-refractivity contribution is -0.0906. The second-order valence-electron chi connectivity index (χ2n) is 4.79. The smallest absolute Gasteiger partial charge is 0.0329 e. The molecule has 0 spiro atoms. The molecule has 3 rings (SSSR count). The maximum atomic E-state index is 2.45. The van der Waals surface area contributed by atoms with E-state index in [4.69, 9.17) is 0 Å². The van der Waals surface area contributed by atoms with Gasteiger partial charge in [-0.2, -0.15) is 0 Å². The van der Waals surface area contributed by atoms with Gasteiger partial charge in [0, 0.05) is 0 Å². The molecule has 56 valence electrons. The zero-order chi connectivity index (χ0) is 6.72. The number of fused-ring (bicyclic) bond motifs is 1. The van der Waals surface area contributed by atoms with Crippen molar-refractivity contribution >= 4 is 0 Å². The Kier molecular flexibility index (Phi) is 0.898. The van der Waals surface area contributed by atoms with Gasteiger partial charge in [0.15, 0.2) is 0 Å². The van der Waals surface area contributed by atoms with Gasteiger partial charge in [0.25, 0.3) is 0 Å². The number of rotatable bonds is 1. The summed E-state index contributed by atoms with van der Waals surface area (Å²) in [5.74, 6) is 5.90. The molecule has 0 N–H and O–H groups in total. The summed E-state index contributed by atoms with van der Waals surface area (Å²) in [6.45, 7) is 2.45. The Morgan fingerprint density at radius 3 is 2.30 bits per heavy atom. The second kappa shape index (κ2) is 1.60. The van der Waals surface area contributed by atoms with E-state index in [1.807, 2.05) is 0 Å². The first kappa shape index (κ1) is 5.62. The van der Waals surface area contributed by atoms with Crippen molar-refractivity contribution in [2.24, 2.45) is 29.6 Å². The second-order valence-corrected chi connectivity index (χ2v) is 4.79. The predicted molar refractivity (Wildman–Crippen MR) is 41.6 cm³/mol. The lowest BCUT2D eigenvalue weighted by Crippen LogP contribution is -2.51. The number of hydrogen-bond donors (Lipinski definition) is 0. The Labute approximate surface area is 63.0 Å². The molecule has 3 fully saturated rings. The van der Waals surface area contributed by atoms with Gasteiger partial charge in [-0.05, 0) is 55.3 Å². The Balaban J connectivity index is 1.69. The summed E-state index contributed by atoms with van der Waals surface area (Å²) in [5, 5.41) is 0. The van der Waals surface area contributed by atoms with E-state index < -0.39 is 0 Å². The van der Waals surface area contributed by atoms with Crippen molar-refractivity contribution < 1.29 is 0 Å². The highest BCUT2D eigenvalue weighted by Gasteiger charge is 2.55. The standard InChI is InChI=1S/C10H16/c1-6-4-8-5-9(10(6)8)7-2-3-7/h6-10H,2-5H2,1H3. The Hall–Kier alpha value is 0. The molecular formula is C10H16. The number of hydrogen-bond acceptors (Lipinski definition) is 0. The van der Waals surface area contributed by atoms with E-state index in [2.05, 4.69) is 6.92 Å². The third-order valence-electron chi connectivity index (χ3n) is 4.17. The van der Waals surface area contributed by atoms with Crippen LogP contribution in [-0.4, -0.2) is 0 Å². The van der Waals surface area contributed by atoms with Crippen LogP contribution in [0.25, 0.3) is 0 Å². The predicted octanol–water partition coefficient (Wildman–Crippen LogP) is 2.69. The van der Waals surface area contributed by atoms with E-state index in [0.29, 0.717) is 0 Å². The molecule has 0 bridgehead atoms. The molecule has 0 aromatic heterocycles. The summed E-state index contributed by atoms with van der Waals surface area (Å²) in [6.07, 6.45) is 6.31. The molecule has 0 amide bonds. The van der Waals surface area contributed by atoms with Crippen LogP contribution in [0.4, 0.5) is 0 Å². The maximum Gasteiger partial charge on any atom is -0.0329 e. The SMILES string of the molecule is CC1CC2CC(C3CC3)C12. The molecule has 3 aliphatic carbocycles. The maximum absolute atomic E-state index is 2.45. The highest BCUT2D eigenvalue weighted by atomic mass is 14.6. The third kappa shape index (κ3) is 0.538.